The lowest BCUT2D eigenvalue weighted by molar-refractivity contribution is 0.211. The number of nitriles is 1. The minimum absolute atomic E-state index is 0.265. The van der Waals surface area contributed by atoms with Crippen molar-refractivity contribution in [2.24, 2.45) is 0 Å². The summed E-state index contributed by atoms with van der Waals surface area (Å²) in [6, 6.07) is 5.91. The molecule has 0 spiro atoms. The second-order valence-electron chi connectivity index (χ2n) is 4.74. The van der Waals surface area contributed by atoms with Gasteiger partial charge in [-0.3, -0.25) is 4.90 Å². The Morgan fingerprint density at radius 1 is 1.28 bits per heavy atom. The summed E-state index contributed by atoms with van der Waals surface area (Å²) >= 11 is 0. The van der Waals surface area contributed by atoms with E-state index in [9.17, 15) is 8.78 Å². The van der Waals surface area contributed by atoms with Gasteiger partial charge in [-0.05, 0) is 31.0 Å². The van der Waals surface area contributed by atoms with Crippen molar-refractivity contribution in [2.45, 2.75) is 38.3 Å². The van der Waals surface area contributed by atoms with Crippen LogP contribution in [0.2, 0.25) is 0 Å². The lowest BCUT2D eigenvalue weighted by atomic mass is 10.1. The van der Waals surface area contributed by atoms with Crippen LogP contribution in [0, 0.1) is 23.0 Å². The van der Waals surface area contributed by atoms with Gasteiger partial charge in [0.1, 0.15) is 11.6 Å². The molecule has 0 heterocycles. The molecule has 2 rings (SSSR count). The maximum absolute atomic E-state index is 13.6. The highest BCUT2D eigenvalue weighted by atomic mass is 19.1. The van der Waals surface area contributed by atoms with Gasteiger partial charge in [-0.2, -0.15) is 5.26 Å². The Bertz CT molecular complexity index is 448. The van der Waals surface area contributed by atoms with Crippen LogP contribution in [0.25, 0.3) is 0 Å². The van der Waals surface area contributed by atoms with E-state index in [4.69, 9.17) is 5.26 Å². The highest BCUT2D eigenvalue weighted by molar-refractivity contribution is 5.19. The Morgan fingerprint density at radius 3 is 2.67 bits per heavy atom. The predicted octanol–water partition coefficient (Wildman–Crippen LogP) is 3.23. The molecule has 0 N–H and O–H groups in total. The first-order valence-corrected chi connectivity index (χ1v) is 6.25. The number of hydrogen-bond acceptors (Lipinski definition) is 2. The van der Waals surface area contributed by atoms with Gasteiger partial charge in [-0.15, -0.1) is 0 Å². The Morgan fingerprint density at radius 2 is 2.00 bits per heavy atom. The minimum atomic E-state index is -0.435. The number of hydrogen-bond donors (Lipinski definition) is 0. The molecule has 1 aromatic carbocycles. The lowest BCUT2D eigenvalue weighted by Crippen LogP contribution is -2.33. The van der Waals surface area contributed by atoms with Gasteiger partial charge < -0.3 is 0 Å². The molecule has 0 aliphatic heterocycles. The van der Waals surface area contributed by atoms with Crippen molar-refractivity contribution in [1.82, 2.24) is 4.90 Å². The van der Waals surface area contributed by atoms with Gasteiger partial charge in [0, 0.05) is 18.2 Å². The highest BCUT2D eigenvalue weighted by Crippen LogP contribution is 2.25. The molecule has 1 fully saturated rings. The molecule has 0 atom stereocenters. The van der Waals surface area contributed by atoms with Gasteiger partial charge in [-0.25, -0.2) is 8.78 Å². The average Bonchev–Trinajstić information content (AvgIpc) is 2.87. The maximum atomic E-state index is 13.6. The fraction of sp³-hybridized carbons (Fsp3) is 0.500. The topological polar surface area (TPSA) is 27.0 Å². The van der Waals surface area contributed by atoms with Gasteiger partial charge in [0.2, 0.25) is 0 Å². The zero-order valence-electron chi connectivity index (χ0n) is 10.2. The van der Waals surface area contributed by atoms with Gasteiger partial charge >= 0.3 is 0 Å². The molecule has 1 aromatic rings. The van der Waals surface area contributed by atoms with Crippen LogP contribution in [0.4, 0.5) is 8.78 Å². The Balaban J connectivity index is 2.12. The summed E-state index contributed by atoms with van der Waals surface area (Å²) in [5, 5.41) is 8.84. The first kappa shape index (κ1) is 13.0. The molecule has 1 saturated carbocycles. The molecule has 1 aliphatic carbocycles. The van der Waals surface area contributed by atoms with E-state index in [2.05, 4.69) is 6.07 Å². The van der Waals surface area contributed by atoms with Gasteiger partial charge in [0.15, 0.2) is 0 Å². The molecule has 96 valence electrons. The molecule has 0 aromatic heterocycles. The zero-order chi connectivity index (χ0) is 13.0. The number of halogens is 2. The molecular weight excluding hydrogens is 234 g/mol. The van der Waals surface area contributed by atoms with Crippen LogP contribution >= 0.6 is 0 Å². The maximum Gasteiger partial charge on any atom is 0.127 e. The van der Waals surface area contributed by atoms with E-state index < -0.39 is 11.6 Å². The fourth-order valence-electron chi connectivity index (χ4n) is 2.56. The molecule has 2 nitrogen and oxygen atoms in total. The largest absolute Gasteiger partial charge is 0.283 e. The SMILES string of the molecule is N#CCN(Cc1cc(F)ccc1F)C1CCCC1. The number of nitrogens with zero attached hydrogens (tertiary/aromatic N) is 2. The second kappa shape index (κ2) is 5.92. The van der Waals surface area contributed by atoms with Crippen molar-refractivity contribution in [3.8, 4) is 6.07 Å². The summed E-state index contributed by atoms with van der Waals surface area (Å²) in [6.45, 7) is 0.572. The van der Waals surface area contributed by atoms with Crippen molar-refractivity contribution in [3.63, 3.8) is 0 Å². The average molecular weight is 250 g/mol. The molecule has 1 aliphatic rings. The normalized spacial score (nSPS) is 16.1. The standard InChI is InChI=1S/C14H16F2N2/c15-12-5-6-14(16)11(9-12)10-18(8-7-17)13-3-1-2-4-13/h5-6,9,13H,1-4,8,10H2. The van der Waals surface area contributed by atoms with Crippen LogP contribution in [0.15, 0.2) is 18.2 Å². The summed E-state index contributed by atoms with van der Waals surface area (Å²) in [7, 11) is 0. The van der Waals surface area contributed by atoms with Crippen LogP contribution in [0.3, 0.4) is 0 Å². The third-order valence-corrected chi connectivity index (χ3v) is 3.50. The van der Waals surface area contributed by atoms with Crippen molar-refractivity contribution in [3.05, 3.63) is 35.4 Å². The molecule has 18 heavy (non-hydrogen) atoms. The monoisotopic (exact) mass is 250 g/mol. The minimum Gasteiger partial charge on any atom is -0.283 e. The Hall–Kier alpha value is -1.47. The molecule has 0 amide bonds. The van der Waals surface area contributed by atoms with Crippen LogP contribution in [0.1, 0.15) is 31.2 Å². The summed E-state index contributed by atoms with van der Waals surface area (Å²) in [5.74, 6) is -0.841. The van der Waals surface area contributed by atoms with Gasteiger partial charge in [0.05, 0.1) is 12.6 Å². The van der Waals surface area contributed by atoms with Crippen molar-refractivity contribution in [1.29, 1.82) is 5.26 Å². The summed E-state index contributed by atoms with van der Waals surface area (Å²) in [4.78, 5) is 1.95. The van der Waals surface area contributed by atoms with Crippen molar-refractivity contribution in [2.75, 3.05) is 6.54 Å². The van der Waals surface area contributed by atoms with E-state index in [1.54, 1.807) is 0 Å². The van der Waals surface area contributed by atoms with E-state index in [1.165, 1.54) is 6.07 Å². The molecule has 0 radical (unpaired) electrons. The van der Waals surface area contributed by atoms with E-state index in [1.807, 2.05) is 4.90 Å². The first-order valence-electron chi connectivity index (χ1n) is 6.25. The summed E-state index contributed by atoms with van der Waals surface area (Å²) < 4.78 is 26.7. The lowest BCUT2D eigenvalue weighted by Gasteiger charge is -2.26. The highest BCUT2D eigenvalue weighted by Gasteiger charge is 2.23. The van der Waals surface area contributed by atoms with Gasteiger partial charge in [0.25, 0.3) is 0 Å². The molecule has 0 unspecified atom stereocenters. The number of benzene rings is 1. The van der Waals surface area contributed by atoms with E-state index in [0.29, 0.717) is 18.2 Å². The van der Waals surface area contributed by atoms with Crippen LogP contribution < -0.4 is 0 Å². The van der Waals surface area contributed by atoms with Crippen LogP contribution in [-0.2, 0) is 6.54 Å². The summed E-state index contributed by atoms with van der Waals surface area (Å²) in [6.07, 6.45) is 4.38. The Kier molecular flexibility index (Phi) is 4.27. The third kappa shape index (κ3) is 3.05. The van der Waals surface area contributed by atoms with Crippen LogP contribution in [0.5, 0.6) is 0 Å². The molecule has 0 saturated heterocycles. The van der Waals surface area contributed by atoms with E-state index in [0.717, 1.165) is 37.8 Å². The quantitative estimate of drug-likeness (QED) is 0.767. The number of rotatable bonds is 4. The van der Waals surface area contributed by atoms with Crippen molar-refractivity contribution < 1.29 is 8.78 Å². The third-order valence-electron chi connectivity index (χ3n) is 3.50. The molecule has 4 heteroatoms. The zero-order valence-corrected chi connectivity index (χ0v) is 10.2. The second-order valence-corrected chi connectivity index (χ2v) is 4.74. The van der Waals surface area contributed by atoms with E-state index in [-0.39, 0.29) is 6.54 Å². The molecule has 0 bridgehead atoms. The fourth-order valence-corrected chi connectivity index (χ4v) is 2.56. The van der Waals surface area contributed by atoms with Crippen LogP contribution in [-0.4, -0.2) is 17.5 Å². The van der Waals surface area contributed by atoms with Crippen molar-refractivity contribution >= 4 is 0 Å². The first-order chi connectivity index (χ1) is 8.70. The summed E-state index contributed by atoms with van der Waals surface area (Å²) in [5.41, 5.74) is 0.331. The smallest absolute Gasteiger partial charge is 0.127 e. The van der Waals surface area contributed by atoms with E-state index >= 15 is 0 Å². The predicted molar refractivity (Wildman–Crippen MR) is 64.6 cm³/mol. The Labute approximate surface area is 106 Å². The molecular formula is C14H16F2N2. The van der Waals surface area contributed by atoms with Gasteiger partial charge in [-0.1, -0.05) is 12.8 Å².